The summed E-state index contributed by atoms with van der Waals surface area (Å²) in [6.07, 6.45) is 1.12. The Balaban J connectivity index is 2.78. The first-order valence-corrected chi connectivity index (χ1v) is 4.80. The molecular weight excluding hydrogens is 158 g/mol. The van der Waals surface area contributed by atoms with Crippen molar-refractivity contribution in [2.45, 2.75) is 27.2 Å². The zero-order valence-electron chi connectivity index (χ0n) is 8.44. The van der Waals surface area contributed by atoms with E-state index in [9.17, 15) is 0 Å². The third-order valence-electron chi connectivity index (χ3n) is 2.70. The molecule has 1 heterocycles. The Labute approximate surface area is 78.8 Å². The number of nitrogens with one attached hydrogen (secondary N) is 1. The predicted molar refractivity (Wildman–Crippen MR) is 57.2 cm³/mol. The van der Waals surface area contributed by atoms with Gasteiger partial charge < -0.3 is 4.98 Å². The maximum absolute atomic E-state index is 3.35. The molecule has 0 saturated carbocycles. The number of aromatic amines is 1. The molecule has 1 aromatic carbocycles. The van der Waals surface area contributed by atoms with Crippen LogP contribution < -0.4 is 0 Å². The summed E-state index contributed by atoms with van der Waals surface area (Å²) in [6, 6.07) is 6.62. The van der Waals surface area contributed by atoms with Crippen molar-refractivity contribution < 1.29 is 0 Å². The Hall–Kier alpha value is -1.24. The van der Waals surface area contributed by atoms with E-state index >= 15 is 0 Å². The molecule has 0 saturated heterocycles. The van der Waals surface area contributed by atoms with Gasteiger partial charge in [0.05, 0.1) is 0 Å². The highest BCUT2D eigenvalue weighted by Gasteiger charge is 2.03. The fourth-order valence-corrected chi connectivity index (χ4v) is 1.92. The van der Waals surface area contributed by atoms with Crippen molar-refractivity contribution in [1.82, 2.24) is 4.98 Å². The lowest BCUT2D eigenvalue weighted by Gasteiger charge is -2.03. The molecule has 0 spiro atoms. The zero-order chi connectivity index (χ0) is 9.42. The van der Waals surface area contributed by atoms with E-state index in [1.807, 2.05) is 0 Å². The SMILES string of the molecule is CCc1ccc2[nH]c(C)cc2c1C. The second kappa shape index (κ2) is 2.91. The molecule has 1 heteroatoms. The standard InChI is InChI=1S/C12H15N/c1-4-10-5-6-12-11(9(10)3)7-8(2)13-12/h5-7,13H,4H2,1-3H3. The smallest absolute Gasteiger partial charge is 0.0458 e. The Morgan fingerprint density at radius 1 is 1.23 bits per heavy atom. The maximum atomic E-state index is 3.35. The van der Waals surface area contributed by atoms with Crippen molar-refractivity contribution in [3.63, 3.8) is 0 Å². The van der Waals surface area contributed by atoms with Crippen LogP contribution in [0.3, 0.4) is 0 Å². The molecule has 0 amide bonds. The van der Waals surface area contributed by atoms with Gasteiger partial charge in [-0.3, -0.25) is 0 Å². The van der Waals surface area contributed by atoms with Crippen molar-refractivity contribution in [2.24, 2.45) is 0 Å². The first kappa shape index (κ1) is 8.36. The van der Waals surface area contributed by atoms with Crippen LogP contribution in [-0.2, 0) is 6.42 Å². The van der Waals surface area contributed by atoms with Gasteiger partial charge in [-0.15, -0.1) is 0 Å². The summed E-state index contributed by atoms with van der Waals surface area (Å²) in [5.41, 5.74) is 5.37. The first-order valence-electron chi connectivity index (χ1n) is 4.80. The highest BCUT2D eigenvalue weighted by molar-refractivity contribution is 5.84. The molecule has 1 nitrogen and oxygen atoms in total. The molecule has 2 rings (SSSR count). The third kappa shape index (κ3) is 1.24. The van der Waals surface area contributed by atoms with Gasteiger partial charge in [0.2, 0.25) is 0 Å². The monoisotopic (exact) mass is 173 g/mol. The van der Waals surface area contributed by atoms with Crippen molar-refractivity contribution in [3.8, 4) is 0 Å². The maximum Gasteiger partial charge on any atom is 0.0458 e. The van der Waals surface area contributed by atoms with Crippen LogP contribution in [0.4, 0.5) is 0 Å². The lowest BCUT2D eigenvalue weighted by atomic mass is 10.0. The molecule has 0 aliphatic heterocycles. The van der Waals surface area contributed by atoms with Gasteiger partial charge in [0.15, 0.2) is 0 Å². The first-order chi connectivity index (χ1) is 6.22. The van der Waals surface area contributed by atoms with Crippen molar-refractivity contribution in [3.05, 3.63) is 35.0 Å². The molecule has 0 fully saturated rings. The number of H-pyrrole nitrogens is 1. The average molecular weight is 173 g/mol. The molecule has 0 unspecified atom stereocenters. The topological polar surface area (TPSA) is 15.8 Å². The van der Waals surface area contributed by atoms with E-state index in [1.54, 1.807) is 0 Å². The molecule has 0 atom stereocenters. The minimum atomic E-state index is 1.12. The van der Waals surface area contributed by atoms with Crippen molar-refractivity contribution in [2.75, 3.05) is 0 Å². The third-order valence-corrected chi connectivity index (χ3v) is 2.70. The lowest BCUT2D eigenvalue weighted by molar-refractivity contribution is 1.12. The van der Waals surface area contributed by atoms with Crippen LogP contribution in [0.1, 0.15) is 23.7 Å². The molecule has 68 valence electrons. The van der Waals surface area contributed by atoms with Crippen LogP contribution in [0.15, 0.2) is 18.2 Å². The summed E-state index contributed by atoms with van der Waals surface area (Å²) in [5, 5.41) is 1.37. The van der Waals surface area contributed by atoms with Crippen molar-refractivity contribution in [1.29, 1.82) is 0 Å². The van der Waals surface area contributed by atoms with Gasteiger partial charge in [0.25, 0.3) is 0 Å². The van der Waals surface area contributed by atoms with E-state index in [-0.39, 0.29) is 0 Å². The second-order valence-corrected chi connectivity index (χ2v) is 3.62. The van der Waals surface area contributed by atoms with Crippen LogP contribution in [-0.4, -0.2) is 4.98 Å². The highest BCUT2D eigenvalue weighted by Crippen LogP contribution is 2.22. The van der Waals surface area contributed by atoms with Crippen LogP contribution in [0.2, 0.25) is 0 Å². The fourth-order valence-electron chi connectivity index (χ4n) is 1.92. The van der Waals surface area contributed by atoms with E-state index in [4.69, 9.17) is 0 Å². The molecule has 0 aliphatic carbocycles. The minimum absolute atomic E-state index is 1.12. The van der Waals surface area contributed by atoms with Gasteiger partial charge in [-0.05, 0) is 43.5 Å². The van der Waals surface area contributed by atoms with Gasteiger partial charge in [-0.2, -0.15) is 0 Å². The average Bonchev–Trinajstić information content (AvgIpc) is 2.47. The number of fused-ring (bicyclic) bond motifs is 1. The van der Waals surface area contributed by atoms with Crippen LogP contribution in [0.5, 0.6) is 0 Å². The fraction of sp³-hybridized carbons (Fsp3) is 0.333. The summed E-state index contributed by atoms with van der Waals surface area (Å²) in [6.45, 7) is 6.51. The van der Waals surface area contributed by atoms with Crippen LogP contribution >= 0.6 is 0 Å². The minimum Gasteiger partial charge on any atom is -0.359 e. The summed E-state index contributed by atoms with van der Waals surface area (Å²) in [5.74, 6) is 0. The molecule has 0 radical (unpaired) electrons. The molecule has 0 bridgehead atoms. The summed E-state index contributed by atoms with van der Waals surface area (Å²) in [7, 11) is 0. The van der Waals surface area contributed by atoms with Crippen LogP contribution in [0, 0.1) is 13.8 Å². The van der Waals surface area contributed by atoms with Crippen LogP contribution in [0.25, 0.3) is 10.9 Å². The Morgan fingerprint density at radius 2 is 2.00 bits per heavy atom. The number of hydrogen-bond acceptors (Lipinski definition) is 0. The summed E-state index contributed by atoms with van der Waals surface area (Å²) < 4.78 is 0. The van der Waals surface area contributed by atoms with Gasteiger partial charge in [-0.25, -0.2) is 0 Å². The molecule has 1 aromatic heterocycles. The summed E-state index contributed by atoms with van der Waals surface area (Å²) >= 11 is 0. The molecule has 0 aliphatic rings. The van der Waals surface area contributed by atoms with E-state index in [0.29, 0.717) is 0 Å². The van der Waals surface area contributed by atoms with Gasteiger partial charge in [0.1, 0.15) is 0 Å². The second-order valence-electron chi connectivity index (χ2n) is 3.62. The highest BCUT2D eigenvalue weighted by atomic mass is 14.7. The summed E-state index contributed by atoms with van der Waals surface area (Å²) in [4.78, 5) is 3.35. The van der Waals surface area contributed by atoms with Crippen molar-refractivity contribution >= 4 is 10.9 Å². The molecular formula is C12H15N. The molecule has 13 heavy (non-hydrogen) atoms. The molecule has 1 N–H and O–H groups in total. The number of rotatable bonds is 1. The van der Waals surface area contributed by atoms with E-state index in [2.05, 4.69) is 44.0 Å². The van der Waals surface area contributed by atoms with E-state index in [1.165, 1.54) is 27.7 Å². The van der Waals surface area contributed by atoms with Gasteiger partial charge >= 0.3 is 0 Å². The van der Waals surface area contributed by atoms with E-state index < -0.39 is 0 Å². The van der Waals surface area contributed by atoms with Gasteiger partial charge in [-0.1, -0.05) is 13.0 Å². The predicted octanol–water partition coefficient (Wildman–Crippen LogP) is 3.35. The zero-order valence-corrected chi connectivity index (χ0v) is 8.44. The normalized spacial score (nSPS) is 11.0. The Bertz CT molecular complexity index is 438. The number of aryl methyl sites for hydroxylation is 3. The number of aromatic nitrogens is 1. The number of benzene rings is 1. The lowest BCUT2D eigenvalue weighted by Crippen LogP contribution is -1.85. The quantitative estimate of drug-likeness (QED) is 0.680. The molecule has 2 aromatic rings. The Morgan fingerprint density at radius 3 is 2.69 bits per heavy atom. The number of hydrogen-bond donors (Lipinski definition) is 1. The largest absolute Gasteiger partial charge is 0.359 e. The Kier molecular flexibility index (Phi) is 1.87. The van der Waals surface area contributed by atoms with E-state index in [0.717, 1.165) is 6.42 Å². The van der Waals surface area contributed by atoms with Gasteiger partial charge in [0, 0.05) is 16.6 Å².